The molecular formula is C22H25N3O2. The standard InChI is InChI=1S/C22H25N3O2/c1-17(2)19-7-9-21(10-8-19)27-14-12-24-22(26)20-5-3-18(4-6-20)15-25-13-11-23-16-25/h3-11,13,16-17H,12,14-15H2,1-2H3,(H,24,26). The Balaban J connectivity index is 1.42. The number of aromatic nitrogens is 2. The number of benzene rings is 2. The topological polar surface area (TPSA) is 56.1 Å². The van der Waals surface area contributed by atoms with E-state index in [0.29, 0.717) is 24.6 Å². The molecule has 1 N–H and O–H groups in total. The minimum Gasteiger partial charge on any atom is -0.492 e. The lowest BCUT2D eigenvalue weighted by Gasteiger charge is -2.10. The molecule has 140 valence electrons. The zero-order chi connectivity index (χ0) is 19.1. The van der Waals surface area contributed by atoms with Gasteiger partial charge in [0.2, 0.25) is 0 Å². The van der Waals surface area contributed by atoms with Gasteiger partial charge in [0.1, 0.15) is 12.4 Å². The molecule has 0 saturated carbocycles. The maximum Gasteiger partial charge on any atom is 0.251 e. The predicted molar refractivity (Wildman–Crippen MR) is 106 cm³/mol. The summed E-state index contributed by atoms with van der Waals surface area (Å²) in [6.07, 6.45) is 5.44. The quantitative estimate of drug-likeness (QED) is 0.618. The first kappa shape index (κ1) is 18.7. The average Bonchev–Trinajstić information content (AvgIpc) is 3.19. The highest BCUT2D eigenvalue weighted by Gasteiger charge is 2.05. The molecule has 0 atom stereocenters. The van der Waals surface area contributed by atoms with Crippen LogP contribution in [0.5, 0.6) is 5.75 Å². The first-order valence-electron chi connectivity index (χ1n) is 9.17. The van der Waals surface area contributed by atoms with Crippen molar-refractivity contribution < 1.29 is 9.53 Å². The van der Waals surface area contributed by atoms with Crippen molar-refractivity contribution in [2.45, 2.75) is 26.3 Å². The SMILES string of the molecule is CC(C)c1ccc(OCCNC(=O)c2ccc(Cn3ccnc3)cc2)cc1. The second-order valence-corrected chi connectivity index (χ2v) is 6.76. The van der Waals surface area contributed by atoms with Crippen LogP contribution in [0.1, 0.15) is 41.3 Å². The average molecular weight is 363 g/mol. The molecule has 5 heteroatoms. The smallest absolute Gasteiger partial charge is 0.251 e. The Hall–Kier alpha value is -3.08. The molecule has 3 aromatic rings. The van der Waals surface area contributed by atoms with E-state index in [0.717, 1.165) is 17.9 Å². The van der Waals surface area contributed by atoms with Crippen LogP contribution in [-0.4, -0.2) is 28.6 Å². The number of imidazole rings is 1. The van der Waals surface area contributed by atoms with Crippen LogP contribution in [0.15, 0.2) is 67.3 Å². The van der Waals surface area contributed by atoms with E-state index in [9.17, 15) is 4.79 Å². The molecular weight excluding hydrogens is 338 g/mol. The van der Waals surface area contributed by atoms with E-state index >= 15 is 0 Å². The summed E-state index contributed by atoms with van der Waals surface area (Å²) in [6.45, 7) is 5.96. The zero-order valence-electron chi connectivity index (χ0n) is 15.8. The molecule has 0 spiro atoms. The maximum atomic E-state index is 12.2. The number of nitrogens with zero attached hydrogens (tertiary/aromatic N) is 2. The van der Waals surface area contributed by atoms with Crippen LogP contribution in [0.25, 0.3) is 0 Å². The summed E-state index contributed by atoms with van der Waals surface area (Å²) in [5.74, 6) is 1.23. The van der Waals surface area contributed by atoms with Crippen molar-refractivity contribution in [3.05, 3.63) is 83.9 Å². The molecule has 2 aromatic carbocycles. The summed E-state index contributed by atoms with van der Waals surface area (Å²) < 4.78 is 7.67. The van der Waals surface area contributed by atoms with Gasteiger partial charge in [-0.3, -0.25) is 4.79 Å². The molecule has 0 aliphatic carbocycles. The second-order valence-electron chi connectivity index (χ2n) is 6.76. The monoisotopic (exact) mass is 363 g/mol. The summed E-state index contributed by atoms with van der Waals surface area (Å²) in [5, 5.41) is 2.88. The summed E-state index contributed by atoms with van der Waals surface area (Å²) in [5.41, 5.74) is 3.05. The van der Waals surface area contributed by atoms with E-state index in [-0.39, 0.29) is 5.91 Å². The van der Waals surface area contributed by atoms with Gasteiger partial charge in [0.15, 0.2) is 0 Å². The molecule has 0 radical (unpaired) electrons. The van der Waals surface area contributed by atoms with Crippen molar-refractivity contribution in [2.24, 2.45) is 0 Å². The summed E-state index contributed by atoms with van der Waals surface area (Å²) in [6, 6.07) is 15.7. The third-order valence-corrected chi connectivity index (χ3v) is 4.34. The van der Waals surface area contributed by atoms with Crippen molar-refractivity contribution in [1.82, 2.24) is 14.9 Å². The second kappa shape index (κ2) is 9.03. The lowest BCUT2D eigenvalue weighted by Crippen LogP contribution is -2.28. The Labute approximate surface area is 160 Å². The highest BCUT2D eigenvalue weighted by atomic mass is 16.5. The van der Waals surface area contributed by atoms with Crippen LogP contribution >= 0.6 is 0 Å². The van der Waals surface area contributed by atoms with Gasteiger partial charge >= 0.3 is 0 Å². The van der Waals surface area contributed by atoms with E-state index in [1.165, 1.54) is 5.56 Å². The molecule has 1 heterocycles. The number of hydrogen-bond acceptors (Lipinski definition) is 3. The van der Waals surface area contributed by atoms with Crippen LogP contribution in [0.3, 0.4) is 0 Å². The number of hydrogen-bond donors (Lipinski definition) is 1. The van der Waals surface area contributed by atoms with Crippen molar-refractivity contribution in [3.8, 4) is 5.75 Å². The first-order valence-corrected chi connectivity index (χ1v) is 9.17. The molecule has 5 nitrogen and oxygen atoms in total. The largest absolute Gasteiger partial charge is 0.492 e. The number of ether oxygens (including phenoxy) is 1. The minimum absolute atomic E-state index is 0.0945. The summed E-state index contributed by atoms with van der Waals surface area (Å²) in [4.78, 5) is 16.2. The minimum atomic E-state index is -0.0945. The molecule has 0 aliphatic heterocycles. The van der Waals surface area contributed by atoms with Gasteiger partial charge in [-0.1, -0.05) is 38.1 Å². The van der Waals surface area contributed by atoms with Gasteiger partial charge in [0.25, 0.3) is 5.91 Å². The van der Waals surface area contributed by atoms with E-state index < -0.39 is 0 Å². The van der Waals surface area contributed by atoms with E-state index in [4.69, 9.17) is 4.74 Å². The van der Waals surface area contributed by atoms with Gasteiger partial charge in [-0.15, -0.1) is 0 Å². The Morgan fingerprint density at radius 1 is 1.11 bits per heavy atom. The van der Waals surface area contributed by atoms with E-state index in [1.54, 1.807) is 12.5 Å². The Morgan fingerprint density at radius 2 is 1.85 bits per heavy atom. The van der Waals surface area contributed by atoms with Gasteiger partial charge < -0.3 is 14.6 Å². The van der Waals surface area contributed by atoms with Gasteiger partial charge in [0.05, 0.1) is 12.9 Å². The molecule has 0 aliphatic rings. The Kier molecular flexibility index (Phi) is 6.26. The van der Waals surface area contributed by atoms with Crippen LogP contribution < -0.4 is 10.1 Å². The normalized spacial score (nSPS) is 10.8. The lowest BCUT2D eigenvalue weighted by molar-refractivity contribution is 0.0947. The van der Waals surface area contributed by atoms with E-state index in [2.05, 4.69) is 36.3 Å². The fourth-order valence-electron chi connectivity index (χ4n) is 2.74. The zero-order valence-corrected chi connectivity index (χ0v) is 15.8. The van der Waals surface area contributed by atoms with Crippen molar-refractivity contribution >= 4 is 5.91 Å². The number of rotatable bonds is 8. The number of carbonyl (C=O) groups is 1. The molecule has 0 bridgehead atoms. The highest BCUT2D eigenvalue weighted by molar-refractivity contribution is 5.94. The van der Waals surface area contributed by atoms with Gasteiger partial charge in [-0.25, -0.2) is 4.98 Å². The predicted octanol–water partition coefficient (Wildman–Crippen LogP) is 3.86. The highest BCUT2D eigenvalue weighted by Crippen LogP contribution is 2.18. The number of amides is 1. The number of carbonyl (C=O) groups excluding carboxylic acids is 1. The van der Waals surface area contributed by atoms with Crippen LogP contribution in [-0.2, 0) is 6.54 Å². The lowest BCUT2D eigenvalue weighted by atomic mass is 10.0. The fraction of sp³-hybridized carbons (Fsp3) is 0.273. The van der Waals surface area contributed by atoms with Crippen LogP contribution in [0, 0.1) is 0 Å². The molecule has 27 heavy (non-hydrogen) atoms. The molecule has 3 rings (SSSR count). The van der Waals surface area contributed by atoms with Gasteiger partial charge in [-0.05, 0) is 41.3 Å². The molecule has 1 aromatic heterocycles. The molecule has 0 fully saturated rings. The van der Waals surface area contributed by atoms with E-state index in [1.807, 2.05) is 47.2 Å². The van der Waals surface area contributed by atoms with Gasteiger partial charge in [0, 0.05) is 24.5 Å². The van der Waals surface area contributed by atoms with Crippen LogP contribution in [0.4, 0.5) is 0 Å². The van der Waals surface area contributed by atoms with Crippen molar-refractivity contribution in [3.63, 3.8) is 0 Å². The Bertz CT molecular complexity index is 838. The Morgan fingerprint density at radius 3 is 2.48 bits per heavy atom. The molecule has 1 amide bonds. The maximum absolute atomic E-state index is 12.2. The summed E-state index contributed by atoms with van der Waals surface area (Å²) in [7, 11) is 0. The first-order chi connectivity index (χ1) is 13.1. The van der Waals surface area contributed by atoms with Crippen molar-refractivity contribution in [2.75, 3.05) is 13.2 Å². The summed E-state index contributed by atoms with van der Waals surface area (Å²) >= 11 is 0. The number of nitrogens with one attached hydrogen (secondary N) is 1. The third kappa shape index (κ3) is 5.45. The molecule has 0 saturated heterocycles. The molecule has 0 unspecified atom stereocenters. The third-order valence-electron chi connectivity index (χ3n) is 4.34. The van der Waals surface area contributed by atoms with Crippen LogP contribution in [0.2, 0.25) is 0 Å². The van der Waals surface area contributed by atoms with Gasteiger partial charge in [-0.2, -0.15) is 0 Å². The van der Waals surface area contributed by atoms with Crippen molar-refractivity contribution in [1.29, 1.82) is 0 Å². The fourth-order valence-corrected chi connectivity index (χ4v) is 2.74.